The number of carbonyl (C=O) groups excluding carboxylic acids is 1. The maximum Gasteiger partial charge on any atom is 0.226 e. The topological polar surface area (TPSA) is 73.1 Å². The number of aromatic nitrogens is 2. The van der Waals surface area contributed by atoms with Crippen molar-refractivity contribution in [2.75, 3.05) is 24.5 Å². The smallest absolute Gasteiger partial charge is 0.226 e. The zero-order valence-corrected chi connectivity index (χ0v) is 20.3. The largest absolute Gasteiger partial charge is 0.352 e. The quantitative estimate of drug-likeness (QED) is 0.577. The van der Waals surface area contributed by atoms with Crippen LogP contribution in [0.25, 0.3) is 16.7 Å². The Kier molecular flexibility index (Phi) is 6.12. The number of hydrogen-bond acceptors (Lipinski definition) is 5. The van der Waals surface area contributed by atoms with Crippen molar-refractivity contribution in [3.63, 3.8) is 0 Å². The average molecular weight is 456 g/mol. The molecule has 1 saturated heterocycles. The van der Waals surface area contributed by atoms with Crippen LogP contribution in [-0.2, 0) is 4.79 Å². The van der Waals surface area contributed by atoms with Gasteiger partial charge < -0.3 is 9.80 Å². The number of nitriles is 1. The van der Waals surface area contributed by atoms with Crippen LogP contribution in [0.5, 0.6) is 0 Å². The second-order valence-corrected chi connectivity index (χ2v) is 10.1. The van der Waals surface area contributed by atoms with Crippen molar-refractivity contribution >= 4 is 17.3 Å². The van der Waals surface area contributed by atoms with Gasteiger partial charge in [0.15, 0.2) is 0 Å². The summed E-state index contributed by atoms with van der Waals surface area (Å²) < 4.78 is 0. The fourth-order valence-electron chi connectivity index (χ4n) is 5.05. The van der Waals surface area contributed by atoms with Gasteiger partial charge in [0.25, 0.3) is 0 Å². The zero-order valence-electron chi connectivity index (χ0n) is 20.3. The minimum absolute atomic E-state index is 0.183. The summed E-state index contributed by atoms with van der Waals surface area (Å²) in [5.41, 5.74) is 5.53. The summed E-state index contributed by atoms with van der Waals surface area (Å²) in [6.45, 7) is 10.3. The molecule has 0 aromatic carbocycles. The minimum Gasteiger partial charge on any atom is -0.352 e. The Balaban J connectivity index is 1.49. The monoisotopic (exact) mass is 455 g/mol. The maximum absolute atomic E-state index is 12.9. The van der Waals surface area contributed by atoms with Crippen molar-refractivity contribution in [3.05, 3.63) is 47.9 Å². The van der Waals surface area contributed by atoms with E-state index in [0.717, 1.165) is 85.5 Å². The molecule has 2 saturated carbocycles. The highest BCUT2D eigenvalue weighted by molar-refractivity contribution is 5.82. The van der Waals surface area contributed by atoms with Crippen LogP contribution in [0.2, 0.25) is 0 Å². The van der Waals surface area contributed by atoms with Gasteiger partial charge in [-0.3, -0.25) is 9.78 Å². The molecule has 0 unspecified atom stereocenters. The first-order valence-electron chi connectivity index (χ1n) is 12.6. The number of allylic oxidation sites excluding steroid dienone is 1. The van der Waals surface area contributed by atoms with E-state index in [0.29, 0.717) is 23.9 Å². The Morgan fingerprint density at radius 3 is 2.68 bits per heavy atom. The van der Waals surface area contributed by atoms with Gasteiger partial charge in [-0.15, -0.1) is 0 Å². The number of rotatable bonds is 7. The number of amides is 1. The van der Waals surface area contributed by atoms with E-state index in [1.807, 2.05) is 25.1 Å². The molecule has 2 aliphatic carbocycles. The third-order valence-corrected chi connectivity index (χ3v) is 7.24. The zero-order chi connectivity index (χ0) is 23.8. The molecule has 6 nitrogen and oxygen atoms in total. The highest BCUT2D eigenvalue weighted by Crippen LogP contribution is 2.45. The first-order valence-corrected chi connectivity index (χ1v) is 12.6. The van der Waals surface area contributed by atoms with Gasteiger partial charge in [-0.05, 0) is 68.4 Å². The van der Waals surface area contributed by atoms with Gasteiger partial charge in [-0.25, -0.2) is 4.98 Å². The highest BCUT2D eigenvalue weighted by atomic mass is 16.2. The lowest BCUT2D eigenvalue weighted by Crippen LogP contribution is -2.56. The van der Waals surface area contributed by atoms with Crippen molar-refractivity contribution in [2.45, 2.75) is 64.3 Å². The molecule has 1 atom stereocenters. The van der Waals surface area contributed by atoms with Gasteiger partial charge in [0.1, 0.15) is 11.9 Å². The standard InChI is InChI=1S/C28H33N5O/c1-4-5-23-17-32(12-13-33(23)28(34)20-8-9-20)27-22(16-29)14-24(26(31-27)19-6-7-19)21-10-11-30-25(15-21)18(2)3/h10-11,14-15,19-20,23H,2,4-9,12-13,17H2,1,3H3/t23-/m1/s1. The number of pyridine rings is 2. The van der Waals surface area contributed by atoms with Crippen LogP contribution in [0.1, 0.15) is 75.2 Å². The predicted molar refractivity (Wildman–Crippen MR) is 134 cm³/mol. The lowest BCUT2D eigenvalue weighted by atomic mass is 9.98. The Labute approximate surface area is 202 Å². The predicted octanol–water partition coefficient (Wildman–Crippen LogP) is 5.15. The molecule has 0 bridgehead atoms. The van der Waals surface area contributed by atoms with Crippen LogP contribution in [0.3, 0.4) is 0 Å². The average Bonchev–Trinajstić information content (AvgIpc) is 3.76. The molecule has 3 heterocycles. The van der Waals surface area contributed by atoms with E-state index < -0.39 is 0 Å². The third kappa shape index (κ3) is 4.44. The van der Waals surface area contributed by atoms with E-state index in [-0.39, 0.29) is 12.0 Å². The first kappa shape index (κ1) is 22.6. The fourth-order valence-corrected chi connectivity index (χ4v) is 5.05. The van der Waals surface area contributed by atoms with Crippen LogP contribution >= 0.6 is 0 Å². The number of carbonyl (C=O) groups is 1. The second kappa shape index (κ2) is 9.21. The minimum atomic E-state index is 0.183. The second-order valence-electron chi connectivity index (χ2n) is 10.1. The Morgan fingerprint density at radius 2 is 2.03 bits per heavy atom. The van der Waals surface area contributed by atoms with E-state index >= 15 is 0 Å². The van der Waals surface area contributed by atoms with Crippen molar-refractivity contribution < 1.29 is 4.79 Å². The molecule has 0 spiro atoms. The molecule has 2 aromatic rings. The molecular formula is C28H33N5O. The fraction of sp³-hybridized carbons (Fsp3) is 0.500. The van der Waals surface area contributed by atoms with E-state index in [2.05, 4.69) is 34.4 Å². The molecule has 1 amide bonds. The summed E-state index contributed by atoms with van der Waals surface area (Å²) >= 11 is 0. The molecule has 34 heavy (non-hydrogen) atoms. The van der Waals surface area contributed by atoms with E-state index in [1.54, 1.807) is 6.20 Å². The van der Waals surface area contributed by atoms with Gasteiger partial charge in [0.2, 0.25) is 5.91 Å². The van der Waals surface area contributed by atoms with Crippen LogP contribution in [-0.4, -0.2) is 46.5 Å². The van der Waals surface area contributed by atoms with Crippen LogP contribution in [0.4, 0.5) is 5.82 Å². The van der Waals surface area contributed by atoms with Crippen molar-refractivity contribution in [1.29, 1.82) is 5.26 Å². The molecule has 3 aliphatic rings. The summed E-state index contributed by atoms with van der Waals surface area (Å²) in [7, 11) is 0. The molecule has 0 radical (unpaired) electrons. The summed E-state index contributed by atoms with van der Waals surface area (Å²) in [5.74, 6) is 1.78. The van der Waals surface area contributed by atoms with E-state index in [1.165, 1.54) is 0 Å². The maximum atomic E-state index is 12.9. The molecular weight excluding hydrogens is 422 g/mol. The molecule has 3 fully saturated rings. The van der Waals surface area contributed by atoms with E-state index in [9.17, 15) is 10.1 Å². The number of piperazine rings is 1. The SMILES string of the molecule is C=C(C)c1cc(-c2cc(C#N)c(N3CCN(C(=O)C4CC4)[C@H](CCC)C3)nc2C2CC2)ccn1. The summed E-state index contributed by atoms with van der Waals surface area (Å²) in [4.78, 5) is 26.8. The van der Waals surface area contributed by atoms with Crippen LogP contribution < -0.4 is 4.90 Å². The summed E-state index contributed by atoms with van der Waals surface area (Å²) in [5, 5.41) is 10.1. The summed E-state index contributed by atoms with van der Waals surface area (Å²) in [6, 6.07) is 8.66. The Hall–Kier alpha value is -3.20. The number of hydrogen-bond donors (Lipinski definition) is 0. The van der Waals surface area contributed by atoms with Gasteiger partial charge >= 0.3 is 0 Å². The molecule has 176 valence electrons. The van der Waals surface area contributed by atoms with Gasteiger partial charge in [-0.1, -0.05) is 19.9 Å². The summed E-state index contributed by atoms with van der Waals surface area (Å²) in [6.07, 6.45) is 8.15. The third-order valence-electron chi connectivity index (χ3n) is 7.24. The van der Waals surface area contributed by atoms with Crippen LogP contribution in [0, 0.1) is 17.2 Å². The Morgan fingerprint density at radius 1 is 1.24 bits per heavy atom. The van der Waals surface area contributed by atoms with Crippen molar-refractivity contribution in [3.8, 4) is 17.2 Å². The lowest BCUT2D eigenvalue weighted by molar-refractivity contribution is -0.135. The normalized spacial score (nSPS) is 20.2. The highest BCUT2D eigenvalue weighted by Gasteiger charge is 2.39. The van der Waals surface area contributed by atoms with Crippen molar-refractivity contribution in [2.24, 2.45) is 5.92 Å². The van der Waals surface area contributed by atoms with Gasteiger partial charge in [-0.2, -0.15) is 5.26 Å². The van der Waals surface area contributed by atoms with Crippen molar-refractivity contribution in [1.82, 2.24) is 14.9 Å². The van der Waals surface area contributed by atoms with Crippen LogP contribution in [0.15, 0.2) is 31.0 Å². The lowest BCUT2D eigenvalue weighted by Gasteiger charge is -2.42. The molecule has 2 aromatic heterocycles. The van der Waals surface area contributed by atoms with E-state index in [4.69, 9.17) is 4.98 Å². The van der Waals surface area contributed by atoms with Gasteiger partial charge in [0.05, 0.1) is 17.0 Å². The number of anilines is 1. The molecule has 1 aliphatic heterocycles. The molecule has 6 heteroatoms. The molecule has 5 rings (SSSR count). The first-order chi connectivity index (χ1) is 16.5. The van der Waals surface area contributed by atoms with Gasteiger partial charge in [0, 0.05) is 49.3 Å². The molecule has 0 N–H and O–H groups in total. The number of nitrogens with zero attached hydrogens (tertiary/aromatic N) is 5. The Bertz CT molecular complexity index is 1160.